The van der Waals surface area contributed by atoms with Crippen LogP contribution in [0.5, 0.6) is 0 Å². The highest BCUT2D eigenvalue weighted by molar-refractivity contribution is 14.1. The van der Waals surface area contributed by atoms with Crippen LogP contribution in [-0.4, -0.2) is 10.2 Å². The van der Waals surface area contributed by atoms with Gasteiger partial charge >= 0.3 is 0 Å². The number of halogens is 2. The van der Waals surface area contributed by atoms with Gasteiger partial charge in [0, 0.05) is 7.14 Å². The second-order valence-corrected chi connectivity index (χ2v) is 4.42. The van der Waals surface area contributed by atoms with Crippen molar-refractivity contribution < 1.29 is 0 Å². The van der Waals surface area contributed by atoms with Crippen LogP contribution in [0.25, 0.3) is 0 Å². The van der Waals surface area contributed by atoms with Gasteiger partial charge in [-0.05, 0) is 62.5 Å². The zero-order valence-corrected chi connectivity index (χ0v) is 9.80. The molecule has 0 nitrogen and oxygen atoms in total. The number of hydrogen-bond acceptors (Lipinski definition) is 0. The Morgan fingerprint density at radius 3 is 1.89 bits per heavy atom. The Morgan fingerprint density at radius 1 is 1.11 bits per heavy atom. The molecule has 0 spiro atoms. The van der Waals surface area contributed by atoms with Gasteiger partial charge < -0.3 is 0 Å². The van der Waals surface area contributed by atoms with Crippen LogP contribution < -0.4 is 5.19 Å². The number of benzene rings is 1. The fraction of sp³-hybridized carbons (Fsp3) is 0. The first kappa shape index (κ1) is 8.00. The van der Waals surface area contributed by atoms with Gasteiger partial charge in [0.1, 0.15) is 0 Å². The largest absolute Gasteiger partial charge is 0.0741 e. The lowest BCUT2D eigenvalue weighted by Crippen LogP contribution is -2.10. The molecule has 1 rings (SSSR count). The maximum Gasteiger partial charge on any atom is 0.0741 e. The summed E-state index contributed by atoms with van der Waals surface area (Å²) in [5.74, 6) is 0. The second kappa shape index (κ2) is 3.34. The van der Waals surface area contributed by atoms with Crippen LogP contribution in [0.15, 0.2) is 18.2 Å². The molecule has 0 aromatic heterocycles. The first-order valence-corrected chi connectivity index (χ1v) is 5.03. The minimum absolute atomic E-state index is 1.19. The molecule has 0 saturated carbocycles. The van der Waals surface area contributed by atoms with E-state index in [1.807, 2.05) is 6.07 Å². The van der Waals surface area contributed by atoms with Gasteiger partial charge in [-0.25, -0.2) is 0 Å². The van der Waals surface area contributed by atoms with Crippen LogP contribution in [0.3, 0.4) is 0 Å². The van der Waals surface area contributed by atoms with Gasteiger partial charge in [-0.1, -0.05) is 6.07 Å². The van der Waals surface area contributed by atoms with Crippen molar-refractivity contribution >= 4 is 60.6 Å². The van der Waals surface area contributed by atoms with E-state index in [1.165, 1.54) is 12.3 Å². The van der Waals surface area contributed by atoms with Crippen LogP contribution in [-0.2, 0) is 0 Å². The lowest BCUT2D eigenvalue weighted by atomic mass is 10.4. The molecule has 0 N–H and O–H groups in total. The van der Waals surface area contributed by atoms with Crippen LogP contribution in [0.1, 0.15) is 0 Å². The Kier molecular flexibility index (Phi) is 2.96. The average molecular weight is 357 g/mol. The van der Waals surface area contributed by atoms with Crippen molar-refractivity contribution in [1.29, 1.82) is 0 Å². The quantitative estimate of drug-likeness (QED) is 0.490. The molecule has 0 atom stereocenters. The van der Waals surface area contributed by atoms with Gasteiger partial charge in [0.15, 0.2) is 0 Å². The van der Waals surface area contributed by atoms with Gasteiger partial charge in [0.25, 0.3) is 0 Å². The molecule has 0 aliphatic heterocycles. The smallest absolute Gasteiger partial charge is 0.0602 e. The van der Waals surface area contributed by atoms with Crippen molar-refractivity contribution in [2.75, 3.05) is 0 Å². The van der Waals surface area contributed by atoms with Gasteiger partial charge in [-0.2, -0.15) is 0 Å². The molecule has 0 heterocycles. The molecule has 0 aliphatic rings. The maximum atomic E-state index is 3.51. The summed E-state index contributed by atoms with van der Waals surface area (Å²) in [4.78, 5) is 0. The van der Waals surface area contributed by atoms with Crippen molar-refractivity contribution in [2.45, 2.75) is 0 Å². The molecule has 0 aliphatic carbocycles. The molecule has 3 radical (unpaired) electrons. The topological polar surface area (TPSA) is 0 Å². The van der Waals surface area contributed by atoms with Crippen molar-refractivity contribution in [1.82, 2.24) is 0 Å². The third-order valence-electron chi connectivity index (χ3n) is 0.963. The molecule has 0 unspecified atom stereocenters. The normalized spacial score (nSPS) is 9.67. The SMILES string of the molecule is [Si]c1c(I)cccc1I. The van der Waals surface area contributed by atoms with E-state index in [0.717, 1.165) is 0 Å². The molecule has 1 aromatic carbocycles. The molecule has 0 saturated heterocycles. The third kappa shape index (κ3) is 1.91. The van der Waals surface area contributed by atoms with Gasteiger partial charge in [-0.3, -0.25) is 0 Å². The minimum Gasteiger partial charge on any atom is -0.0602 e. The Bertz CT molecular complexity index is 202. The fourth-order valence-electron chi connectivity index (χ4n) is 0.498. The van der Waals surface area contributed by atoms with E-state index >= 15 is 0 Å². The highest BCUT2D eigenvalue weighted by atomic mass is 127. The Hall–Kier alpha value is 0.897. The highest BCUT2D eigenvalue weighted by Crippen LogP contribution is 2.05. The first-order valence-electron chi connectivity index (χ1n) is 2.37. The van der Waals surface area contributed by atoms with Crippen LogP contribution in [0, 0.1) is 7.14 Å². The molecule has 3 heteroatoms. The molecule has 0 fully saturated rings. The zero-order chi connectivity index (χ0) is 6.85. The Labute approximate surface area is 85.1 Å². The van der Waals surface area contributed by atoms with Crippen LogP contribution in [0.4, 0.5) is 0 Å². The van der Waals surface area contributed by atoms with Gasteiger partial charge in [0.2, 0.25) is 0 Å². The molecule has 9 heavy (non-hydrogen) atoms. The molecule has 45 valence electrons. The molecule has 0 bridgehead atoms. The van der Waals surface area contributed by atoms with Gasteiger partial charge in [-0.15, -0.1) is 0 Å². The summed E-state index contributed by atoms with van der Waals surface area (Å²) >= 11 is 4.59. The van der Waals surface area contributed by atoms with E-state index in [9.17, 15) is 0 Å². The average Bonchev–Trinajstić information content (AvgIpc) is 1.83. The summed E-state index contributed by atoms with van der Waals surface area (Å²) in [6.45, 7) is 0. The number of hydrogen-bond donors (Lipinski definition) is 0. The molecular weight excluding hydrogens is 354 g/mol. The predicted molar refractivity (Wildman–Crippen MR) is 57.3 cm³/mol. The first-order chi connectivity index (χ1) is 4.22. The lowest BCUT2D eigenvalue weighted by molar-refractivity contribution is 1.66. The summed E-state index contributed by atoms with van der Waals surface area (Å²) < 4.78 is 2.52. The van der Waals surface area contributed by atoms with Crippen molar-refractivity contribution in [3.63, 3.8) is 0 Å². The number of rotatable bonds is 0. The van der Waals surface area contributed by atoms with Crippen molar-refractivity contribution in [3.8, 4) is 0 Å². The zero-order valence-electron chi connectivity index (χ0n) is 4.49. The lowest BCUT2D eigenvalue weighted by Gasteiger charge is -1.97. The summed E-state index contributed by atoms with van der Waals surface area (Å²) in [6, 6.07) is 6.20. The highest BCUT2D eigenvalue weighted by Gasteiger charge is 1.95. The summed E-state index contributed by atoms with van der Waals surface area (Å²) in [5.41, 5.74) is 0. The monoisotopic (exact) mass is 357 g/mol. The van der Waals surface area contributed by atoms with E-state index in [2.05, 4.69) is 67.6 Å². The van der Waals surface area contributed by atoms with Crippen LogP contribution in [0.2, 0.25) is 0 Å². The fourth-order valence-corrected chi connectivity index (χ4v) is 2.18. The summed E-state index contributed by atoms with van der Waals surface area (Å²) in [5, 5.41) is 1.19. The van der Waals surface area contributed by atoms with Gasteiger partial charge in [0.05, 0.1) is 10.2 Å². The van der Waals surface area contributed by atoms with Crippen LogP contribution >= 0.6 is 45.2 Å². The predicted octanol–water partition coefficient (Wildman–Crippen LogP) is 1.69. The maximum absolute atomic E-state index is 3.51. The van der Waals surface area contributed by atoms with E-state index in [0.29, 0.717) is 0 Å². The Morgan fingerprint density at radius 2 is 1.56 bits per heavy atom. The third-order valence-corrected chi connectivity index (χ3v) is 4.32. The minimum atomic E-state index is 1.19. The van der Waals surface area contributed by atoms with E-state index in [-0.39, 0.29) is 0 Å². The van der Waals surface area contributed by atoms with Crippen molar-refractivity contribution in [2.24, 2.45) is 0 Å². The van der Waals surface area contributed by atoms with E-state index < -0.39 is 0 Å². The van der Waals surface area contributed by atoms with E-state index in [1.54, 1.807) is 0 Å². The van der Waals surface area contributed by atoms with Crippen molar-refractivity contribution in [3.05, 3.63) is 25.3 Å². The Balaban J connectivity index is 3.25. The molecule has 1 aromatic rings. The second-order valence-electron chi connectivity index (χ2n) is 1.60. The van der Waals surface area contributed by atoms with E-state index in [4.69, 9.17) is 0 Å². The summed E-state index contributed by atoms with van der Waals surface area (Å²) in [6.07, 6.45) is 0. The molecular formula is C6H3I2Si. The summed E-state index contributed by atoms with van der Waals surface area (Å²) in [7, 11) is 3.51. The molecule has 0 amide bonds. The standard InChI is InChI=1S/C6H3I2Si/c7-4-2-1-3-5(8)6(4)9/h1-3H.